The van der Waals surface area contributed by atoms with E-state index in [9.17, 15) is 9.59 Å². The van der Waals surface area contributed by atoms with Gasteiger partial charge in [-0.3, -0.25) is 4.79 Å². The summed E-state index contributed by atoms with van der Waals surface area (Å²) in [5, 5.41) is 15.2. The van der Waals surface area contributed by atoms with Crippen LogP contribution in [0, 0.1) is 5.92 Å². The van der Waals surface area contributed by atoms with Crippen molar-refractivity contribution in [2.75, 3.05) is 0 Å². The number of hydrogen-bond acceptors (Lipinski definition) is 2. The van der Waals surface area contributed by atoms with Gasteiger partial charge in [0.2, 0.25) is 0 Å². The summed E-state index contributed by atoms with van der Waals surface area (Å²) in [7, 11) is 0. The number of hydrogen-bond donors (Lipinski definition) is 3. The number of carboxylic acids is 1. The lowest BCUT2D eigenvalue weighted by atomic mass is 9.79. The maximum atomic E-state index is 12.3. The molecule has 0 aromatic carbocycles. The van der Waals surface area contributed by atoms with Crippen LogP contribution in [0.25, 0.3) is 0 Å². The zero-order chi connectivity index (χ0) is 15.3. The Kier molecular flexibility index (Phi) is 5.48. The molecule has 0 spiro atoms. The van der Waals surface area contributed by atoms with Crippen molar-refractivity contribution in [3.05, 3.63) is 0 Å². The third-order valence-corrected chi connectivity index (χ3v) is 5.11. The first-order valence-electron chi connectivity index (χ1n) is 8.31. The minimum Gasteiger partial charge on any atom is -0.481 e. The van der Waals surface area contributed by atoms with E-state index in [0.29, 0.717) is 5.92 Å². The zero-order valence-corrected chi connectivity index (χ0v) is 13.0. The molecule has 2 fully saturated rings. The molecule has 2 unspecified atom stereocenters. The lowest BCUT2D eigenvalue weighted by Crippen LogP contribution is -2.56. The largest absolute Gasteiger partial charge is 0.481 e. The van der Waals surface area contributed by atoms with Crippen LogP contribution < -0.4 is 10.6 Å². The first-order chi connectivity index (χ1) is 10.0. The molecule has 2 aliphatic rings. The molecule has 2 saturated carbocycles. The molecule has 0 saturated heterocycles. The van der Waals surface area contributed by atoms with Gasteiger partial charge in [0.1, 0.15) is 0 Å². The number of carbonyl (C=O) groups excluding carboxylic acids is 1. The van der Waals surface area contributed by atoms with Crippen molar-refractivity contribution < 1.29 is 14.7 Å². The molecular weight excluding hydrogens is 268 g/mol. The van der Waals surface area contributed by atoms with Gasteiger partial charge in [-0.05, 0) is 31.6 Å². The Morgan fingerprint density at radius 3 is 2.38 bits per heavy atom. The van der Waals surface area contributed by atoms with Crippen LogP contribution in [0.5, 0.6) is 0 Å². The predicted molar refractivity (Wildman–Crippen MR) is 81.2 cm³/mol. The van der Waals surface area contributed by atoms with Gasteiger partial charge in [0.15, 0.2) is 0 Å². The van der Waals surface area contributed by atoms with Crippen LogP contribution in [0.3, 0.4) is 0 Å². The van der Waals surface area contributed by atoms with Gasteiger partial charge in [-0.1, -0.05) is 39.0 Å². The fourth-order valence-corrected chi connectivity index (χ4v) is 3.84. The van der Waals surface area contributed by atoms with Gasteiger partial charge in [-0.15, -0.1) is 0 Å². The van der Waals surface area contributed by atoms with E-state index < -0.39 is 11.5 Å². The molecular formula is C16H28N2O3. The molecule has 0 aliphatic heterocycles. The third kappa shape index (κ3) is 4.61. The summed E-state index contributed by atoms with van der Waals surface area (Å²) in [6, 6.07) is 0.0427. The molecule has 5 heteroatoms. The molecule has 0 heterocycles. The highest BCUT2D eigenvalue weighted by atomic mass is 16.4. The first-order valence-corrected chi connectivity index (χ1v) is 8.31. The topological polar surface area (TPSA) is 78.4 Å². The zero-order valence-electron chi connectivity index (χ0n) is 13.0. The average molecular weight is 296 g/mol. The number of urea groups is 1. The Morgan fingerprint density at radius 2 is 1.76 bits per heavy atom. The highest BCUT2D eigenvalue weighted by molar-refractivity contribution is 5.77. The van der Waals surface area contributed by atoms with Crippen molar-refractivity contribution >= 4 is 12.0 Å². The third-order valence-electron chi connectivity index (χ3n) is 5.11. The van der Waals surface area contributed by atoms with Crippen molar-refractivity contribution in [2.24, 2.45) is 5.92 Å². The van der Waals surface area contributed by atoms with Crippen LogP contribution in [-0.2, 0) is 4.79 Å². The summed E-state index contributed by atoms with van der Waals surface area (Å²) in [5.41, 5.74) is -0.550. The van der Waals surface area contributed by atoms with E-state index in [4.69, 9.17) is 5.11 Å². The second-order valence-corrected chi connectivity index (χ2v) is 6.88. The second kappa shape index (κ2) is 7.14. The molecule has 2 atom stereocenters. The normalized spacial score (nSPS) is 28.6. The van der Waals surface area contributed by atoms with Crippen molar-refractivity contribution in [3.63, 3.8) is 0 Å². The van der Waals surface area contributed by atoms with Crippen LogP contribution in [0.15, 0.2) is 0 Å². The van der Waals surface area contributed by atoms with E-state index in [1.165, 1.54) is 6.42 Å². The molecule has 5 nitrogen and oxygen atoms in total. The number of carbonyl (C=O) groups is 2. The second-order valence-electron chi connectivity index (χ2n) is 6.88. The van der Waals surface area contributed by atoms with Gasteiger partial charge >= 0.3 is 12.0 Å². The van der Waals surface area contributed by atoms with Crippen LogP contribution in [0.4, 0.5) is 4.79 Å². The highest BCUT2D eigenvalue weighted by Gasteiger charge is 2.36. The smallest absolute Gasteiger partial charge is 0.315 e. The predicted octanol–water partition coefficient (Wildman–Crippen LogP) is 3.04. The summed E-state index contributed by atoms with van der Waals surface area (Å²) in [5.74, 6) is -0.325. The summed E-state index contributed by atoms with van der Waals surface area (Å²) in [4.78, 5) is 23.4. The maximum absolute atomic E-state index is 12.3. The van der Waals surface area contributed by atoms with E-state index in [1.54, 1.807) is 0 Å². The Bertz CT molecular complexity index is 378. The summed E-state index contributed by atoms with van der Waals surface area (Å²) >= 11 is 0. The lowest BCUT2D eigenvalue weighted by molar-refractivity contribution is -0.139. The lowest BCUT2D eigenvalue weighted by Gasteiger charge is -2.38. The van der Waals surface area contributed by atoms with Crippen molar-refractivity contribution in [1.29, 1.82) is 0 Å². The van der Waals surface area contributed by atoms with Gasteiger partial charge < -0.3 is 15.7 Å². The number of carboxylic acid groups (broad SMARTS) is 1. The monoisotopic (exact) mass is 296 g/mol. The SMILES string of the molecule is CC1CCCCC1NC(=O)NC1(CC(=O)O)CCCCC1. The molecule has 0 aromatic rings. The van der Waals surface area contributed by atoms with E-state index in [1.807, 2.05) is 0 Å². The number of aliphatic carboxylic acids is 1. The van der Waals surface area contributed by atoms with Gasteiger partial charge in [0.25, 0.3) is 0 Å². The first kappa shape index (κ1) is 16.1. The molecule has 2 rings (SSSR count). The van der Waals surface area contributed by atoms with Crippen molar-refractivity contribution in [3.8, 4) is 0 Å². The van der Waals surface area contributed by atoms with Crippen molar-refractivity contribution in [2.45, 2.75) is 82.7 Å². The number of amides is 2. The molecule has 0 bridgehead atoms. The van der Waals surface area contributed by atoms with Crippen LogP contribution in [-0.4, -0.2) is 28.7 Å². The Labute approximate surface area is 126 Å². The van der Waals surface area contributed by atoms with Gasteiger partial charge in [0, 0.05) is 6.04 Å². The molecule has 2 aliphatic carbocycles. The highest BCUT2D eigenvalue weighted by Crippen LogP contribution is 2.31. The van der Waals surface area contributed by atoms with Gasteiger partial charge in [-0.25, -0.2) is 4.79 Å². The quantitative estimate of drug-likeness (QED) is 0.746. The number of rotatable bonds is 4. The number of nitrogens with one attached hydrogen (secondary N) is 2. The molecule has 2 amide bonds. The van der Waals surface area contributed by atoms with E-state index in [2.05, 4.69) is 17.6 Å². The molecule has 0 radical (unpaired) electrons. The average Bonchev–Trinajstić information content (AvgIpc) is 2.41. The van der Waals surface area contributed by atoms with Crippen LogP contribution in [0.2, 0.25) is 0 Å². The van der Waals surface area contributed by atoms with E-state index in [0.717, 1.165) is 51.4 Å². The summed E-state index contributed by atoms with van der Waals surface area (Å²) in [6.45, 7) is 2.18. The molecule has 120 valence electrons. The summed E-state index contributed by atoms with van der Waals surface area (Å²) in [6.07, 6.45) is 9.27. The van der Waals surface area contributed by atoms with Gasteiger partial charge in [0.05, 0.1) is 12.0 Å². The van der Waals surface area contributed by atoms with E-state index in [-0.39, 0.29) is 18.5 Å². The Balaban J connectivity index is 1.92. The fourth-order valence-electron chi connectivity index (χ4n) is 3.84. The summed E-state index contributed by atoms with van der Waals surface area (Å²) < 4.78 is 0. The maximum Gasteiger partial charge on any atom is 0.315 e. The van der Waals surface area contributed by atoms with Gasteiger partial charge in [-0.2, -0.15) is 0 Å². The Hall–Kier alpha value is -1.26. The van der Waals surface area contributed by atoms with Crippen molar-refractivity contribution in [1.82, 2.24) is 10.6 Å². The molecule has 3 N–H and O–H groups in total. The fraction of sp³-hybridized carbons (Fsp3) is 0.875. The standard InChI is InChI=1S/C16H28N2O3/c1-12-7-3-4-8-13(12)17-15(21)18-16(11-14(19)20)9-5-2-6-10-16/h12-13H,2-11H2,1H3,(H,19,20)(H2,17,18,21). The minimum atomic E-state index is -0.830. The molecule has 0 aromatic heterocycles. The van der Waals surface area contributed by atoms with Crippen LogP contribution >= 0.6 is 0 Å². The van der Waals surface area contributed by atoms with Crippen LogP contribution in [0.1, 0.15) is 71.1 Å². The Morgan fingerprint density at radius 1 is 1.10 bits per heavy atom. The molecule has 21 heavy (non-hydrogen) atoms. The minimum absolute atomic E-state index is 0.0284. The van der Waals surface area contributed by atoms with E-state index >= 15 is 0 Å².